The second-order valence-corrected chi connectivity index (χ2v) is 7.79. The summed E-state index contributed by atoms with van der Waals surface area (Å²) in [4.78, 5) is 17.1. The lowest BCUT2D eigenvalue weighted by Gasteiger charge is -2.09. The highest BCUT2D eigenvalue weighted by Gasteiger charge is 2.25. The van der Waals surface area contributed by atoms with Crippen LogP contribution in [0.2, 0.25) is 0 Å². The number of hydrogen-bond donors (Lipinski definition) is 0. The van der Waals surface area contributed by atoms with Crippen LogP contribution in [0, 0.1) is 13.8 Å². The van der Waals surface area contributed by atoms with Crippen LogP contribution >= 0.6 is 0 Å². The third kappa shape index (κ3) is 3.57. The molecular formula is C27H22N2O2. The number of aryl methyl sites for hydroxylation is 1. The van der Waals surface area contributed by atoms with E-state index in [1.54, 1.807) is 0 Å². The smallest absolute Gasteiger partial charge is 0.363 e. The van der Waals surface area contributed by atoms with Gasteiger partial charge in [-0.1, -0.05) is 60.2 Å². The third-order valence-corrected chi connectivity index (χ3v) is 5.63. The van der Waals surface area contributed by atoms with Gasteiger partial charge in [0.05, 0.1) is 0 Å². The molecule has 0 N–H and O–H groups in total. The van der Waals surface area contributed by atoms with Gasteiger partial charge in [0, 0.05) is 34.3 Å². The quantitative estimate of drug-likeness (QED) is 0.325. The van der Waals surface area contributed by atoms with Gasteiger partial charge in [0.25, 0.3) is 0 Å². The first kappa shape index (κ1) is 19.1. The predicted molar refractivity (Wildman–Crippen MR) is 124 cm³/mol. The molecule has 4 nitrogen and oxygen atoms in total. The fourth-order valence-corrected chi connectivity index (χ4v) is 4.02. The monoisotopic (exact) mass is 406 g/mol. The topological polar surface area (TPSA) is 43.6 Å². The molecule has 0 amide bonds. The summed E-state index contributed by atoms with van der Waals surface area (Å²) in [5, 5.41) is 1.11. The van der Waals surface area contributed by atoms with Crippen molar-refractivity contribution in [1.82, 2.24) is 4.57 Å². The van der Waals surface area contributed by atoms with E-state index in [9.17, 15) is 4.79 Å². The Morgan fingerprint density at radius 3 is 2.39 bits per heavy atom. The molecule has 0 aliphatic carbocycles. The Bertz CT molecular complexity index is 1350. The number of aliphatic imine (C=N–C) groups is 1. The minimum Gasteiger partial charge on any atom is -0.402 e. The molecule has 0 atom stereocenters. The highest BCUT2D eigenvalue weighted by atomic mass is 16.6. The average molecular weight is 406 g/mol. The standard InChI is InChI=1S/C27H22N2O2/c1-18-13-14-25-23(15-18)22(19(2)29(25)17-20-9-5-3-6-10-20)16-24-27(30)31-26(28-24)21-11-7-4-8-12-21/h3-16H,17H2,1-2H3. The molecule has 3 aromatic carbocycles. The van der Waals surface area contributed by atoms with E-state index in [0.717, 1.165) is 34.3 Å². The molecule has 5 rings (SSSR count). The number of carbonyl (C=O) groups is 1. The van der Waals surface area contributed by atoms with Gasteiger partial charge in [0.15, 0.2) is 5.70 Å². The second kappa shape index (κ2) is 7.73. The van der Waals surface area contributed by atoms with E-state index in [-0.39, 0.29) is 0 Å². The summed E-state index contributed by atoms with van der Waals surface area (Å²) >= 11 is 0. The summed E-state index contributed by atoms with van der Waals surface area (Å²) in [7, 11) is 0. The maximum Gasteiger partial charge on any atom is 0.363 e. The molecule has 1 aromatic heterocycles. The molecule has 0 saturated heterocycles. The number of aromatic nitrogens is 1. The molecule has 0 spiro atoms. The zero-order chi connectivity index (χ0) is 21.4. The van der Waals surface area contributed by atoms with Gasteiger partial charge in [-0.25, -0.2) is 9.79 Å². The van der Waals surface area contributed by atoms with E-state index < -0.39 is 5.97 Å². The lowest BCUT2D eigenvalue weighted by atomic mass is 10.1. The van der Waals surface area contributed by atoms with E-state index in [0.29, 0.717) is 11.6 Å². The molecule has 0 unspecified atom stereocenters. The van der Waals surface area contributed by atoms with Gasteiger partial charge >= 0.3 is 5.97 Å². The number of nitrogens with zero attached hydrogens (tertiary/aromatic N) is 2. The Hall–Kier alpha value is -3.92. The summed E-state index contributed by atoms with van der Waals surface area (Å²) in [5.41, 5.74) is 6.74. The van der Waals surface area contributed by atoms with Crippen molar-refractivity contribution in [2.45, 2.75) is 20.4 Å². The van der Waals surface area contributed by atoms with Gasteiger partial charge in [-0.15, -0.1) is 0 Å². The molecule has 0 radical (unpaired) electrons. The average Bonchev–Trinajstić information content (AvgIpc) is 3.28. The Balaban J connectivity index is 1.63. The predicted octanol–water partition coefficient (Wildman–Crippen LogP) is 5.65. The van der Waals surface area contributed by atoms with Crippen LogP contribution in [0.3, 0.4) is 0 Å². The largest absolute Gasteiger partial charge is 0.402 e. The molecule has 0 bridgehead atoms. The Kier molecular flexibility index (Phi) is 4.75. The molecule has 4 aromatic rings. The number of carbonyl (C=O) groups excluding carboxylic acids is 1. The molecule has 2 heterocycles. The first-order valence-electron chi connectivity index (χ1n) is 10.3. The van der Waals surface area contributed by atoms with Gasteiger partial charge < -0.3 is 9.30 Å². The van der Waals surface area contributed by atoms with E-state index in [1.165, 1.54) is 11.1 Å². The maximum atomic E-state index is 12.6. The molecule has 1 aliphatic rings. The van der Waals surface area contributed by atoms with Crippen LogP contribution in [0.1, 0.15) is 27.9 Å². The van der Waals surface area contributed by atoms with E-state index in [4.69, 9.17) is 4.74 Å². The number of fused-ring (bicyclic) bond motifs is 1. The van der Waals surface area contributed by atoms with Crippen molar-refractivity contribution in [3.63, 3.8) is 0 Å². The molecule has 1 aliphatic heterocycles. The number of hydrogen-bond acceptors (Lipinski definition) is 3. The van der Waals surface area contributed by atoms with Crippen molar-refractivity contribution in [1.29, 1.82) is 0 Å². The van der Waals surface area contributed by atoms with E-state index >= 15 is 0 Å². The lowest BCUT2D eigenvalue weighted by molar-refractivity contribution is -0.129. The van der Waals surface area contributed by atoms with Gasteiger partial charge in [-0.3, -0.25) is 0 Å². The van der Waals surface area contributed by atoms with Crippen molar-refractivity contribution < 1.29 is 9.53 Å². The summed E-state index contributed by atoms with van der Waals surface area (Å²) in [6.07, 6.45) is 1.86. The minimum atomic E-state index is -0.421. The highest BCUT2D eigenvalue weighted by Crippen LogP contribution is 2.31. The maximum absolute atomic E-state index is 12.6. The number of ether oxygens (including phenoxy) is 1. The van der Waals surface area contributed by atoms with Crippen molar-refractivity contribution in [2.24, 2.45) is 4.99 Å². The van der Waals surface area contributed by atoms with Crippen molar-refractivity contribution in [3.05, 3.63) is 113 Å². The van der Waals surface area contributed by atoms with Gasteiger partial charge in [0.1, 0.15) is 0 Å². The zero-order valence-electron chi connectivity index (χ0n) is 17.5. The van der Waals surface area contributed by atoms with Crippen molar-refractivity contribution >= 4 is 28.8 Å². The molecule has 152 valence electrons. The lowest BCUT2D eigenvalue weighted by Crippen LogP contribution is -2.05. The first-order valence-corrected chi connectivity index (χ1v) is 10.3. The van der Waals surface area contributed by atoms with Crippen LogP contribution in [0.5, 0.6) is 0 Å². The normalized spacial score (nSPS) is 14.8. The molecule has 4 heteroatoms. The van der Waals surface area contributed by atoms with Crippen molar-refractivity contribution in [3.8, 4) is 0 Å². The number of benzene rings is 3. The van der Waals surface area contributed by atoms with Gasteiger partial charge in [-0.05, 0) is 49.8 Å². The Morgan fingerprint density at radius 1 is 0.935 bits per heavy atom. The highest BCUT2D eigenvalue weighted by molar-refractivity contribution is 6.13. The fourth-order valence-electron chi connectivity index (χ4n) is 4.02. The van der Waals surface area contributed by atoms with Crippen LogP contribution in [0.4, 0.5) is 0 Å². The van der Waals surface area contributed by atoms with Crippen LogP contribution < -0.4 is 0 Å². The van der Waals surface area contributed by atoms with Crippen LogP contribution in [0.15, 0.2) is 89.6 Å². The number of cyclic esters (lactones) is 1. The SMILES string of the molecule is Cc1ccc2c(c1)c(C=C1N=C(c3ccccc3)OC1=O)c(C)n2Cc1ccccc1. The van der Waals surface area contributed by atoms with Gasteiger partial charge in [-0.2, -0.15) is 0 Å². The van der Waals surface area contributed by atoms with Crippen LogP contribution in [0.25, 0.3) is 17.0 Å². The molecule has 0 fully saturated rings. The first-order chi connectivity index (χ1) is 15.1. The number of rotatable bonds is 4. The summed E-state index contributed by atoms with van der Waals surface area (Å²) < 4.78 is 7.74. The van der Waals surface area contributed by atoms with Crippen LogP contribution in [-0.4, -0.2) is 16.4 Å². The zero-order valence-corrected chi connectivity index (χ0v) is 17.5. The second-order valence-electron chi connectivity index (χ2n) is 7.79. The van der Waals surface area contributed by atoms with Gasteiger partial charge in [0.2, 0.25) is 5.90 Å². The Morgan fingerprint density at radius 2 is 1.65 bits per heavy atom. The summed E-state index contributed by atoms with van der Waals surface area (Å²) in [6, 6.07) is 26.3. The fraction of sp³-hybridized carbons (Fsp3) is 0.111. The van der Waals surface area contributed by atoms with Crippen molar-refractivity contribution in [2.75, 3.05) is 0 Å². The summed E-state index contributed by atoms with van der Waals surface area (Å²) in [5.74, 6) is -0.0754. The third-order valence-electron chi connectivity index (χ3n) is 5.63. The van der Waals surface area contributed by atoms with Crippen LogP contribution in [-0.2, 0) is 16.1 Å². The minimum absolute atomic E-state index is 0.322. The molecule has 31 heavy (non-hydrogen) atoms. The number of esters is 1. The molecule has 0 saturated carbocycles. The molecular weight excluding hydrogens is 384 g/mol. The summed E-state index contributed by atoms with van der Waals surface area (Å²) in [6.45, 7) is 4.93. The van der Waals surface area contributed by atoms with E-state index in [2.05, 4.69) is 65.9 Å². The Labute approximate surface area is 181 Å². The van der Waals surface area contributed by atoms with E-state index in [1.807, 2.05) is 42.5 Å².